The van der Waals surface area contributed by atoms with Gasteiger partial charge in [-0.15, -0.1) is 10.2 Å². The molecule has 108 valence electrons. The van der Waals surface area contributed by atoms with Crippen LogP contribution >= 0.6 is 11.8 Å². The lowest BCUT2D eigenvalue weighted by Gasteiger charge is -2.14. The number of benzene rings is 1. The van der Waals surface area contributed by atoms with Crippen molar-refractivity contribution in [3.63, 3.8) is 0 Å². The van der Waals surface area contributed by atoms with Crippen LogP contribution in [0.4, 0.5) is 11.6 Å². The number of nitrogens with two attached hydrogens (primary N) is 1. The van der Waals surface area contributed by atoms with E-state index in [1.165, 1.54) is 16.7 Å². The zero-order valence-corrected chi connectivity index (χ0v) is 12.1. The van der Waals surface area contributed by atoms with Gasteiger partial charge in [-0.05, 0) is 12.1 Å². The first-order valence-electron chi connectivity index (χ1n) is 6.31. The van der Waals surface area contributed by atoms with Crippen LogP contribution in [0.2, 0.25) is 0 Å². The van der Waals surface area contributed by atoms with Crippen LogP contribution in [0.3, 0.4) is 0 Å². The predicted molar refractivity (Wildman–Crippen MR) is 78.6 cm³/mol. The summed E-state index contributed by atoms with van der Waals surface area (Å²) >= 11 is 1.21. The molecule has 1 aromatic carbocycles. The van der Waals surface area contributed by atoms with Gasteiger partial charge in [-0.3, -0.25) is 14.2 Å². The van der Waals surface area contributed by atoms with Gasteiger partial charge >= 0.3 is 0 Å². The number of aromatic nitrogens is 3. The van der Waals surface area contributed by atoms with Crippen molar-refractivity contribution in [2.75, 3.05) is 10.6 Å². The predicted octanol–water partition coefficient (Wildman–Crippen LogP) is 0.822. The monoisotopic (exact) mass is 303 g/mol. The highest BCUT2D eigenvalue weighted by Gasteiger charge is 2.40. The van der Waals surface area contributed by atoms with Gasteiger partial charge in [0.2, 0.25) is 17.8 Å². The van der Waals surface area contributed by atoms with E-state index in [0.717, 1.165) is 0 Å². The quantitative estimate of drug-likeness (QED) is 0.844. The van der Waals surface area contributed by atoms with Crippen LogP contribution in [0.5, 0.6) is 0 Å². The lowest BCUT2D eigenvalue weighted by atomic mass is 10.3. The molecule has 1 aliphatic heterocycles. The van der Waals surface area contributed by atoms with Crippen molar-refractivity contribution in [2.45, 2.75) is 16.8 Å². The van der Waals surface area contributed by atoms with E-state index in [4.69, 9.17) is 5.73 Å². The van der Waals surface area contributed by atoms with Gasteiger partial charge < -0.3 is 5.73 Å². The van der Waals surface area contributed by atoms with Crippen molar-refractivity contribution in [1.29, 1.82) is 0 Å². The Labute approximate surface area is 125 Å². The van der Waals surface area contributed by atoms with Gasteiger partial charge in [-0.2, -0.15) is 0 Å². The van der Waals surface area contributed by atoms with Crippen molar-refractivity contribution < 1.29 is 9.59 Å². The molecule has 2 aromatic rings. The molecule has 0 radical (unpaired) electrons. The third-order valence-electron chi connectivity index (χ3n) is 3.24. The van der Waals surface area contributed by atoms with Crippen molar-refractivity contribution in [3.05, 3.63) is 30.3 Å². The highest BCUT2D eigenvalue weighted by molar-refractivity contribution is 8.00. The molecule has 0 saturated carbocycles. The number of carbonyl (C=O) groups is 2. The summed E-state index contributed by atoms with van der Waals surface area (Å²) in [5, 5.41) is 7.67. The van der Waals surface area contributed by atoms with Crippen LogP contribution in [0.15, 0.2) is 35.5 Å². The minimum atomic E-state index is -0.500. The summed E-state index contributed by atoms with van der Waals surface area (Å²) in [6, 6.07) is 8.90. The second-order valence-corrected chi connectivity index (χ2v) is 5.78. The lowest BCUT2D eigenvalue weighted by Crippen LogP contribution is -2.31. The molecule has 1 atom stereocenters. The van der Waals surface area contributed by atoms with Crippen molar-refractivity contribution >= 4 is 35.2 Å². The van der Waals surface area contributed by atoms with Crippen LogP contribution in [0, 0.1) is 0 Å². The van der Waals surface area contributed by atoms with E-state index in [2.05, 4.69) is 10.2 Å². The Morgan fingerprint density at radius 1 is 1.24 bits per heavy atom. The Morgan fingerprint density at radius 2 is 1.95 bits per heavy atom. The molecule has 2 N–H and O–H groups in total. The number of hydrogen-bond donors (Lipinski definition) is 1. The normalized spacial score (nSPS) is 18.5. The first-order chi connectivity index (χ1) is 10.1. The third kappa shape index (κ3) is 2.38. The summed E-state index contributed by atoms with van der Waals surface area (Å²) in [6.07, 6.45) is 0.144. The highest BCUT2D eigenvalue weighted by atomic mass is 32.2. The van der Waals surface area contributed by atoms with Gasteiger partial charge in [0.1, 0.15) is 5.25 Å². The maximum Gasteiger partial charge on any atom is 0.247 e. The summed E-state index contributed by atoms with van der Waals surface area (Å²) in [6.45, 7) is 0. The maximum absolute atomic E-state index is 12.4. The Morgan fingerprint density at radius 3 is 2.57 bits per heavy atom. The average Bonchev–Trinajstić information content (AvgIpc) is 2.94. The summed E-state index contributed by atoms with van der Waals surface area (Å²) in [4.78, 5) is 25.8. The zero-order chi connectivity index (χ0) is 15.0. The fourth-order valence-corrected chi connectivity index (χ4v) is 3.13. The molecule has 0 aliphatic carbocycles. The third-order valence-corrected chi connectivity index (χ3v) is 4.46. The minimum Gasteiger partial charge on any atom is -0.368 e. The SMILES string of the molecule is Cn1c(N)nnc1SC1CC(=O)N(c2ccccc2)C1=O. The first-order valence-corrected chi connectivity index (χ1v) is 7.19. The van der Waals surface area contributed by atoms with Gasteiger partial charge in [-0.1, -0.05) is 30.0 Å². The molecule has 1 aromatic heterocycles. The number of hydrogen-bond acceptors (Lipinski definition) is 6. The number of para-hydroxylation sites is 1. The molecule has 1 aliphatic rings. The van der Waals surface area contributed by atoms with Crippen molar-refractivity contribution in [3.8, 4) is 0 Å². The zero-order valence-electron chi connectivity index (χ0n) is 11.3. The van der Waals surface area contributed by atoms with Crippen molar-refractivity contribution in [1.82, 2.24) is 14.8 Å². The van der Waals surface area contributed by atoms with Gasteiger partial charge in [-0.25, -0.2) is 4.90 Å². The minimum absolute atomic E-state index is 0.144. The van der Waals surface area contributed by atoms with Crippen LogP contribution in [-0.4, -0.2) is 31.8 Å². The number of nitrogen functional groups attached to an aromatic ring is 1. The summed E-state index contributed by atoms with van der Waals surface area (Å²) in [5.74, 6) is -0.175. The van der Waals surface area contributed by atoms with Gasteiger partial charge in [0, 0.05) is 13.5 Å². The molecular weight excluding hydrogens is 290 g/mol. The van der Waals surface area contributed by atoms with Crippen LogP contribution in [-0.2, 0) is 16.6 Å². The van der Waals surface area contributed by atoms with E-state index in [1.54, 1.807) is 35.9 Å². The summed E-state index contributed by atoms with van der Waals surface area (Å²) in [7, 11) is 1.72. The lowest BCUT2D eigenvalue weighted by molar-refractivity contribution is -0.121. The number of carbonyl (C=O) groups excluding carboxylic acids is 2. The number of imide groups is 1. The first kappa shape index (κ1) is 13.6. The smallest absolute Gasteiger partial charge is 0.247 e. The number of anilines is 2. The molecule has 0 spiro atoms. The maximum atomic E-state index is 12.4. The largest absolute Gasteiger partial charge is 0.368 e. The second kappa shape index (κ2) is 5.21. The Kier molecular flexibility index (Phi) is 3.38. The molecule has 2 heterocycles. The highest BCUT2D eigenvalue weighted by Crippen LogP contribution is 2.33. The number of amides is 2. The molecule has 3 rings (SSSR count). The summed E-state index contributed by atoms with van der Waals surface area (Å²) in [5.41, 5.74) is 6.20. The number of thioether (sulfide) groups is 1. The standard InChI is InChI=1S/C13H13N5O2S/c1-17-12(14)15-16-13(17)21-9-7-10(19)18(11(9)20)8-5-3-2-4-6-8/h2-6,9H,7H2,1H3,(H2,14,15). The molecule has 1 unspecified atom stereocenters. The Bertz CT molecular complexity index is 700. The molecule has 1 saturated heterocycles. The van der Waals surface area contributed by atoms with E-state index in [1.807, 2.05) is 6.07 Å². The number of rotatable bonds is 3. The topological polar surface area (TPSA) is 94.1 Å². The molecule has 0 bridgehead atoms. The van der Waals surface area contributed by atoms with E-state index >= 15 is 0 Å². The molecule has 1 fully saturated rings. The van der Waals surface area contributed by atoms with Gasteiger partial charge in [0.25, 0.3) is 0 Å². The fourth-order valence-electron chi connectivity index (χ4n) is 2.10. The van der Waals surface area contributed by atoms with Gasteiger partial charge in [0.05, 0.1) is 5.69 Å². The number of nitrogens with zero attached hydrogens (tertiary/aromatic N) is 4. The molecular formula is C13H13N5O2S. The molecule has 7 nitrogen and oxygen atoms in total. The Balaban J connectivity index is 1.82. The molecule has 2 amide bonds. The van der Waals surface area contributed by atoms with Crippen LogP contribution in [0.25, 0.3) is 0 Å². The van der Waals surface area contributed by atoms with E-state index < -0.39 is 5.25 Å². The van der Waals surface area contributed by atoms with E-state index in [9.17, 15) is 9.59 Å². The average molecular weight is 303 g/mol. The van der Waals surface area contributed by atoms with E-state index in [0.29, 0.717) is 10.8 Å². The van der Waals surface area contributed by atoms with Crippen LogP contribution < -0.4 is 10.6 Å². The van der Waals surface area contributed by atoms with E-state index in [-0.39, 0.29) is 24.2 Å². The molecule has 8 heteroatoms. The van der Waals surface area contributed by atoms with Crippen LogP contribution in [0.1, 0.15) is 6.42 Å². The Hall–Kier alpha value is -2.35. The second-order valence-electron chi connectivity index (χ2n) is 4.61. The summed E-state index contributed by atoms with van der Waals surface area (Å²) < 4.78 is 1.59. The van der Waals surface area contributed by atoms with Crippen molar-refractivity contribution in [2.24, 2.45) is 7.05 Å². The fraction of sp³-hybridized carbons (Fsp3) is 0.231. The molecule has 21 heavy (non-hydrogen) atoms. The van der Waals surface area contributed by atoms with Gasteiger partial charge in [0.15, 0.2) is 5.16 Å².